The summed E-state index contributed by atoms with van der Waals surface area (Å²) in [5.41, 5.74) is 7.81. The van der Waals surface area contributed by atoms with Crippen molar-refractivity contribution in [2.75, 3.05) is 7.11 Å². The first-order chi connectivity index (χ1) is 8.74. The second-order valence-corrected chi connectivity index (χ2v) is 5.51. The van der Waals surface area contributed by atoms with Gasteiger partial charge in [-0.05, 0) is 30.5 Å². The van der Waals surface area contributed by atoms with Crippen molar-refractivity contribution in [3.63, 3.8) is 0 Å². The Hall–Kier alpha value is -1.02. The zero-order valence-electron chi connectivity index (χ0n) is 11.5. The van der Waals surface area contributed by atoms with E-state index in [4.69, 9.17) is 10.5 Å². The van der Waals surface area contributed by atoms with E-state index in [0.29, 0.717) is 0 Å². The molecule has 1 aromatic carbocycles. The summed E-state index contributed by atoms with van der Waals surface area (Å²) in [6, 6.07) is 8.32. The average Bonchev–Trinajstić information content (AvgIpc) is 2.52. The molecule has 0 amide bonds. The SMILES string of the molecule is COc1ccc(C2(N)CCCCCCCC2)cc1. The fourth-order valence-electron chi connectivity index (χ4n) is 2.92. The highest BCUT2D eigenvalue weighted by molar-refractivity contribution is 5.31. The van der Waals surface area contributed by atoms with Crippen molar-refractivity contribution in [1.82, 2.24) is 0 Å². The third-order valence-electron chi connectivity index (χ3n) is 4.16. The maximum absolute atomic E-state index is 6.67. The van der Waals surface area contributed by atoms with Crippen LogP contribution in [0, 0.1) is 0 Å². The average molecular weight is 247 g/mol. The molecule has 0 bridgehead atoms. The van der Waals surface area contributed by atoms with Gasteiger partial charge in [0.1, 0.15) is 5.75 Å². The van der Waals surface area contributed by atoms with Crippen LogP contribution in [0.5, 0.6) is 5.75 Å². The quantitative estimate of drug-likeness (QED) is 0.857. The van der Waals surface area contributed by atoms with Crippen molar-refractivity contribution in [2.24, 2.45) is 5.73 Å². The molecule has 18 heavy (non-hydrogen) atoms. The number of nitrogens with two attached hydrogens (primary N) is 1. The molecule has 0 aromatic heterocycles. The molecule has 0 atom stereocenters. The van der Waals surface area contributed by atoms with Crippen LogP contribution in [0.4, 0.5) is 0 Å². The summed E-state index contributed by atoms with van der Waals surface area (Å²) in [5, 5.41) is 0. The van der Waals surface area contributed by atoms with E-state index >= 15 is 0 Å². The van der Waals surface area contributed by atoms with Crippen molar-refractivity contribution < 1.29 is 4.74 Å². The predicted octanol–water partition coefficient (Wildman–Crippen LogP) is 3.98. The third-order valence-corrected chi connectivity index (χ3v) is 4.16. The molecule has 1 aliphatic rings. The second-order valence-electron chi connectivity index (χ2n) is 5.51. The summed E-state index contributed by atoms with van der Waals surface area (Å²) >= 11 is 0. The second kappa shape index (κ2) is 6.24. The van der Waals surface area contributed by atoms with Gasteiger partial charge in [-0.25, -0.2) is 0 Å². The lowest BCUT2D eigenvalue weighted by molar-refractivity contribution is 0.358. The zero-order chi connectivity index (χ0) is 12.8. The highest BCUT2D eigenvalue weighted by atomic mass is 16.5. The molecule has 1 aromatic rings. The molecule has 1 saturated carbocycles. The Morgan fingerprint density at radius 1 is 0.889 bits per heavy atom. The maximum atomic E-state index is 6.67. The first-order valence-electron chi connectivity index (χ1n) is 7.18. The van der Waals surface area contributed by atoms with Crippen molar-refractivity contribution >= 4 is 0 Å². The van der Waals surface area contributed by atoms with E-state index in [0.717, 1.165) is 18.6 Å². The van der Waals surface area contributed by atoms with Crippen molar-refractivity contribution in [2.45, 2.75) is 56.9 Å². The Balaban J connectivity index is 2.14. The first kappa shape index (κ1) is 13.4. The van der Waals surface area contributed by atoms with Crippen LogP contribution in [0.2, 0.25) is 0 Å². The smallest absolute Gasteiger partial charge is 0.118 e. The van der Waals surface area contributed by atoms with E-state index in [-0.39, 0.29) is 5.54 Å². The zero-order valence-corrected chi connectivity index (χ0v) is 11.5. The molecule has 0 heterocycles. The van der Waals surface area contributed by atoms with Crippen LogP contribution in [0.15, 0.2) is 24.3 Å². The van der Waals surface area contributed by atoms with E-state index in [1.54, 1.807) is 7.11 Å². The first-order valence-corrected chi connectivity index (χ1v) is 7.18. The summed E-state index contributed by atoms with van der Waals surface area (Å²) < 4.78 is 5.21. The van der Waals surface area contributed by atoms with Crippen LogP contribution in [0.25, 0.3) is 0 Å². The van der Waals surface area contributed by atoms with E-state index in [9.17, 15) is 0 Å². The topological polar surface area (TPSA) is 35.2 Å². The minimum absolute atomic E-state index is 0.128. The maximum Gasteiger partial charge on any atom is 0.118 e. The van der Waals surface area contributed by atoms with Gasteiger partial charge < -0.3 is 10.5 Å². The number of hydrogen-bond donors (Lipinski definition) is 1. The van der Waals surface area contributed by atoms with Gasteiger partial charge in [-0.2, -0.15) is 0 Å². The Morgan fingerprint density at radius 2 is 1.39 bits per heavy atom. The van der Waals surface area contributed by atoms with Gasteiger partial charge in [0.2, 0.25) is 0 Å². The van der Waals surface area contributed by atoms with Gasteiger partial charge in [-0.3, -0.25) is 0 Å². The van der Waals surface area contributed by atoms with Gasteiger partial charge in [-0.15, -0.1) is 0 Å². The van der Waals surface area contributed by atoms with Gasteiger partial charge in [0, 0.05) is 5.54 Å². The summed E-state index contributed by atoms with van der Waals surface area (Å²) in [6.45, 7) is 0. The minimum atomic E-state index is -0.128. The summed E-state index contributed by atoms with van der Waals surface area (Å²) in [7, 11) is 1.70. The molecule has 2 nitrogen and oxygen atoms in total. The molecule has 1 fully saturated rings. The standard InChI is InChI=1S/C16H25NO/c1-18-15-10-8-14(9-11-15)16(17)12-6-4-2-3-5-7-13-16/h8-11H,2-7,12-13,17H2,1H3. The van der Waals surface area contributed by atoms with Crippen LogP contribution in [-0.4, -0.2) is 7.11 Å². The van der Waals surface area contributed by atoms with Gasteiger partial charge in [0.15, 0.2) is 0 Å². The van der Waals surface area contributed by atoms with Crippen LogP contribution in [-0.2, 0) is 5.54 Å². The molecule has 0 aliphatic heterocycles. The molecule has 2 N–H and O–H groups in total. The van der Waals surface area contributed by atoms with Gasteiger partial charge in [0.25, 0.3) is 0 Å². The van der Waals surface area contributed by atoms with E-state index in [2.05, 4.69) is 12.1 Å². The van der Waals surface area contributed by atoms with Crippen LogP contribution < -0.4 is 10.5 Å². The Labute approximate surface area is 111 Å². The molecular weight excluding hydrogens is 222 g/mol. The number of ether oxygens (including phenoxy) is 1. The number of hydrogen-bond acceptors (Lipinski definition) is 2. The lowest BCUT2D eigenvalue weighted by Gasteiger charge is -2.30. The van der Waals surface area contributed by atoms with Crippen LogP contribution >= 0.6 is 0 Å². The largest absolute Gasteiger partial charge is 0.497 e. The van der Waals surface area contributed by atoms with Gasteiger partial charge in [-0.1, -0.05) is 50.7 Å². The Kier molecular flexibility index (Phi) is 4.65. The Morgan fingerprint density at radius 3 is 1.89 bits per heavy atom. The predicted molar refractivity (Wildman–Crippen MR) is 75.8 cm³/mol. The van der Waals surface area contributed by atoms with Crippen molar-refractivity contribution in [3.8, 4) is 5.75 Å². The number of rotatable bonds is 2. The highest BCUT2D eigenvalue weighted by Gasteiger charge is 2.26. The summed E-state index contributed by atoms with van der Waals surface area (Å²) in [5.74, 6) is 0.908. The minimum Gasteiger partial charge on any atom is -0.497 e. The fourth-order valence-corrected chi connectivity index (χ4v) is 2.92. The van der Waals surface area contributed by atoms with Crippen molar-refractivity contribution in [3.05, 3.63) is 29.8 Å². The van der Waals surface area contributed by atoms with Gasteiger partial charge >= 0.3 is 0 Å². The lowest BCUT2D eigenvalue weighted by atomic mass is 9.82. The lowest BCUT2D eigenvalue weighted by Crippen LogP contribution is -2.36. The molecular formula is C16H25NO. The van der Waals surface area contributed by atoms with Crippen molar-refractivity contribution in [1.29, 1.82) is 0 Å². The summed E-state index contributed by atoms with van der Waals surface area (Å²) in [4.78, 5) is 0. The highest BCUT2D eigenvalue weighted by Crippen LogP contribution is 2.33. The summed E-state index contributed by atoms with van der Waals surface area (Å²) in [6.07, 6.45) is 10.1. The number of methoxy groups -OCH3 is 1. The van der Waals surface area contributed by atoms with E-state index in [1.165, 1.54) is 44.1 Å². The van der Waals surface area contributed by atoms with E-state index < -0.39 is 0 Å². The number of benzene rings is 1. The molecule has 100 valence electrons. The molecule has 0 saturated heterocycles. The Bertz CT molecular complexity index is 348. The van der Waals surface area contributed by atoms with Gasteiger partial charge in [0.05, 0.1) is 7.11 Å². The van der Waals surface area contributed by atoms with Crippen LogP contribution in [0.1, 0.15) is 56.9 Å². The third kappa shape index (κ3) is 3.26. The molecule has 0 radical (unpaired) electrons. The monoisotopic (exact) mass is 247 g/mol. The molecule has 0 unspecified atom stereocenters. The molecule has 1 aliphatic carbocycles. The van der Waals surface area contributed by atoms with Crippen LogP contribution in [0.3, 0.4) is 0 Å². The molecule has 2 rings (SSSR count). The molecule has 2 heteroatoms. The van der Waals surface area contributed by atoms with E-state index in [1.807, 2.05) is 12.1 Å². The normalized spacial score (nSPS) is 20.6. The molecule has 0 spiro atoms. The fraction of sp³-hybridized carbons (Fsp3) is 0.625.